The summed E-state index contributed by atoms with van der Waals surface area (Å²) in [5.74, 6) is -0.486. The lowest BCUT2D eigenvalue weighted by Crippen LogP contribution is -2.06. The first-order valence-corrected chi connectivity index (χ1v) is 7.52. The summed E-state index contributed by atoms with van der Waals surface area (Å²) in [7, 11) is -3.73. The molecule has 7 nitrogen and oxygen atoms in total. The highest BCUT2D eigenvalue weighted by atomic mass is 31.2. The summed E-state index contributed by atoms with van der Waals surface area (Å²) in [6.45, 7) is 1.30. The first-order chi connectivity index (χ1) is 9.92. The number of nitro benzene ring substituents is 1. The fraction of sp³-hybridized carbons (Fsp3) is 0.154. The second-order valence-electron chi connectivity index (χ2n) is 4.21. The second-order valence-corrected chi connectivity index (χ2v) is 6.15. The molecule has 0 N–H and O–H groups in total. The average Bonchev–Trinajstić information content (AvgIpc) is 2.45. The standard InChI is InChI=1S/C13H12NO6P/c1-10(15)13(21(18)19-6-3-7-20-21)9-11-4-2-5-12(8-11)14(16)17/h2-6,8-9H,7H2,1H3. The van der Waals surface area contributed by atoms with Crippen molar-refractivity contribution >= 4 is 25.1 Å². The summed E-state index contributed by atoms with van der Waals surface area (Å²) in [4.78, 5) is 21.9. The van der Waals surface area contributed by atoms with Crippen LogP contribution >= 0.6 is 7.60 Å². The van der Waals surface area contributed by atoms with Gasteiger partial charge in [-0.15, -0.1) is 0 Å². The predicted molar refractivity (Wildman–Crippen MR) is 75.5 cm³/mol. The van der Waals surface area contributed by atoms with Gasteiger partial charge in [-0.25, -0.2) is 4.57 Å². The molecule has 0 bridgehead atoms. The molecule has 0 aliphatic carbocycles. The zero-order valence-corrected chi connectivity index (χ0v) is 12.0. The van der Waals surface area contributed by atoms with Crippen LogP contribution in [0.3, 0.4) is 0 Å². The molecule has 0 spiro atoms. The fourth-order valence-electron chi connectivity index (χ4n) is 1.72. The predicted octanol–water partition coefficient (Wildman–Crippen LogP) is 3.28. The van der Waals surface area contributed by atoms with Crippen molar-refractivity contribution in [3.05, 3.63) is 57.6 Å². The second kappa shape index (κ2) is 6.03. The average molecular weight is 309 g/mol. The van der Waals surface area contributed by atoms with Crippen LogP contribution in [0.5, 0.6) is 0 Å². The maximum Gasteiger partial charge on any atom is 0.414 e. The van der Waals surface area contributed by atoms with Gasteiger partial charge in [-0.3, -0.25) is 19.4 Å². The molecule has 1 aromatic rings. The molecule has 21 heavy (non-hydrogen) atoms. The van der Waals surface area contributed by atoms with Crippen LogP contribution in [0, 0.1) is 10.1 Å². The van der Waals surface area contributed by atoms with Crippen LogP contribution in [0.25, 0.3) is 6.08 Å². The van der Waals surface area contributed by atoms with Gasteiger partial charge in [0.2, 0.25) is 0 Å². The Morgan fingerprint density at radius 2 is 2.24 bits per heavy atom. The van der Waals surface area contributed by atoms with Crippen LogP contribution in [0.4, 0.5) is 5.69 Å². The number of nitrogens with zero attached hydrogens (tertiary/aromatic N) is 1. The highest BCUT2D eigenvalue weighted by Crippen LogP contribution is 2.58. The number of carbonyl (C=O) groups excluding carboxylic acids is 1. The zero-order chi connectivity index (χ0) is 15.5. The molecule has 110 valence electrons. The van der Waals surface area contributed by atoms with Crippen molar-refractivity contribution < 1.29 is 23.3 Å². The molecule has 0 fully saturated rings. The van der Waals surface area contributed by atoms with Gasteiger partial charge in [-0.2, -0.15) is 0 Å². The number of nitro groups is 1. The number of carbonyl (C=O) groups is 1. The van der Waals surface area contributed by atoms with E-state index in [-0.39, 0.29) is 17.6 Å². The third-order valence-electron chi connectivity index (χ3n) is 2.68. The minimum absolute atomic E-state index is 0.0663. The Bertz CT molecular complexity index is 694. The number of ketones is 1. The zero-order valence-electron chi connectivity index (χ0n) is 11.1. The van der Waals surface area contributed by atoms with E-state index in [1.54, 1.807) is 6.07 Å². The van der Waals surface area contributed by atoms with Crippen molar-refractivity contribution in [3.8, 4) is 0 Å². The number of non-ortho nitro benzene ring substituents is 1. The smallest absolute Gasteiger partial charge is 0.414 e. The molecule has 1 heterocycles. The number of rotatable bonds is 4. The third kappa shape index (κ3) is 3.45. The molecule has 1 aliphatic heterocycles. The van der Waals surface area contributed by atoms with E-state index >= 15 is 0 Å². The summed E-state index contributed by atoms with van der Waals surface area (Å²) >= 11 is 0. The Kier molecular flexibility index (Phi) is 4.35. The summed E-state index contributed by atoms with van der Waals surface area (Å²) < 4.78 is 22.5. The Morgan fingerprint density at radius 3 is 2.81 bits per heavy atom. The van der Waals surface area contributed by atoms with Gasteiger partial charge in [0.1, 0.15) is 5.31 Å². The molecule has 2 rings (SSSR count). The fourth-order valence-corrected chi connectivity index (χ4v) is 3.25. The molecule has 0 amide bonds. The lowest BCUT2D eigenvalue weighted by atomic mass is 10.2. The van der Waals surface area contributed by atoms with E-state index in [2.05, 4.69) is 0 Å². The van der Waals surface area contributed by atoms with Gasteiger partial charge < -0.3 is 4.52 Å². The van der Waals surface area contributed by atoms with Gasteiger partial charge in [0.15, 0.2) is 5.78 Å². The highest BCUT2D eigenvalue weighted by molar-refractivity contribution is 7.60. The van der Waals surface area contributed by atoms with Crippen molar-refractivity contribution in [2.24, 2.45) is 0 Å². The lowest BCUT2D eigenvalue weighted by molar-refractivity contribution is -0.384. The van der Waals surface area contributed by atoms with Crippen molar-refractivity contribution in [1.29, 1.82) is 0 Å². The molecule has 0 saturated carbocycles. The third-order valence-corrected chi connectivity index (χ3v) is 4.60. The molecule has 1 unspecified atom stereocenters. The van der Waals surface area contributed by atoms with Crippen LogP contribution in [-0.4, -0.2) is 17.3 Å². The van der Waals surface area contributed by atoms with E-state index in [0.717, 1.165) is 0 Å². The van der Waals surface area contributed by atoms with E-state index in [0.29, 0.717) is 5.56 Å². The minimum atomic E-state index is -3.73. The largest absolute Gasteiger partial charge is 0.429 e. The number of hydrogen-bond acceptors (Lipinski definition) is 6. The minimum Gasteiger partial charge on any atom is -0.429 e. The Balaban J connectivity index is 2.45. The summed E-state index contributed by atoms with van der Waals surface area (Å²) in [5.41, 5.74) is 0.238. The molecular weight excluding hydrogens is 297 g/mol. The van der Waals surface area contributed by atoms with E-state index in [1.165, 1.54) is 43.5 Å². The van der Waals surface area contributed by atoms with Crippen LogP contribution in [0.1, 0.15) is 12.5 Å². The van der Waals surface area contributed by atoms with E-state index < -0.39 is 18.3 Å². The molecule has 8 heteroatoms. The van der Waals surface area contributed by atoms with Crippen molar-refractivity contribution in [2.75, 3.05) is 6.61 Å². The number of Topliss-reactive ketones (excluding diaryl/α,β-unsaturated/α-hetero) is 1. The Labute approximate surface area is 120 Å². The lowest BCUT2D eigenvalue weighted by Gasteiger charge is -2.20. The maximum absolute atomic E-state index is 12.5. The number of benzene rings is 1. The first kappa shape index (κ1) is 15.2. The van der Waals surface area contributed by atoms with E-state index in [1.807, 2.05) is 0 Å². The van der Waals surface area contributed by atoms with E-state index in [9.17, 15) is 19.5 Å². The van der Waals surface area contributed by atoms with Gasteiger partial charge in [0.05, 0.1) is 17.8 Å². The number of allylic oxidation sites excluding steroid dienone is 1. The van der Waals surface area contributed by atoms with Crippen molar-refractivity contribution in [3.63, 3.8) is 0 Å². The Hall–Kier alpha value is -2.24. The van der Waals surface area contributed by atoms with Crippen LogP contribution < -0.4 is 0 Å². The topological polar surface area (TPSA) is 95.7 Å². The first-order valence-electron chi connectivity index (χ1n) is 5.98. The van der Waals surface area contributed by atoms with Crippen molar-refractivity contribution in [1.82, 2.24) is 0 Å². The van der Waals surface area contributed by atoms with Crippen molar-refractivity contribution in [2.45, 2.75) is 6.92 Å². The molecule has 0 aromatic heterocycles. The summed E-state index contributed by atoms with van der Waals surface area (Å²) in [6.07, 6.45) is 4.02. The number of hydrogen-bond donors (Lipinski definition) is 0. The van der Waals surface area contributed by atoms with Gasteiger partial charge in [0.25, 0.3) is 5.69 Å². The normalized spacial score (nSPS) is 21.7. The molecule has 1 atom stereocenters. The Morgan fingerprint density at radius 1 is 1.48 bits per heavy atom. The monoisotopic (exact) mass is 309 g/mol. The summed E-state index contributed by atoms with van der Waals surface area (Å²) in [6, 6.07) is 5.63. The highest BCUT2D eigenvalue weighted by Gasteiger charge is 2.35. The molecule has 0 saturated heterocycles. The summed E-state index contributed by atoms with van der Waals surface area (Å²) in [5, 5.41) is 10.6. The molecule has 1 aromatic carbocycles. The molecular formula is C13H12NO6P. The van der Waals surface area contributed by atoms with Gasteiger partial charge in [-0.05, 0) is 24.6 Å². The molecule has 1 aliphatic rings. The van der Waals surface area contributed by atoms with E-state index in [4.69, 9.17) is 9.05 Å². The quantitative estimate of drug-likeness (QED) is 0.366. The molecule has 0 radical (unpaired) electrons. The SMILES string of the molecule is CC(=O)C(=Cc1cccc([N+](=O)[O-])c1)P1(=O)OC=CCO1. The van der Waals surface area contributed by atoms with Gasteiger partial charge in [0, 0.05) is 12.1 Å². The van der Waals surface area contributed by atoms with Crippen LogP contribution in [0.15, 0.2) is 41.9 Å². The van der Waals surface area contributed by atoms with Gasteiger partial charge >= 0.3 is 7.60 Å². The van der Waals surface area contributed by atoms with Crippen LogP contribution in [0.2, 0.25) is 0 Å². The van der Waals surface area contributed by atoms with Gasteiger partial charge in [-0.1, -0.05) is 12.1 Å². The van der Waals surface area contributed by atoms with Crippen LogP contribution in [-0.2, 0) is 18.4 Å². The maximum atomic E-state index is 12.5.